The van der Waals surface area contributed by atoms with Crippen LogP contribution in [-0.4, -0.2) is 4.98 Å². The highest BCUT2D eigenvalue weighted by Gasteiger charge is 2.03. The molecule has 0 amide bonds. The summed E-state index contributed by atoms with van der Waals surface area (Å²) in [6.07, 6.45) is 0. The quantitative estimate of drug-likeness (QED) is 0.635. The molecule has 1 nitrogen and oxygen atoms in total. The number of para-hydroxylation sites is 1. The molecule has 0 aliphatic carbocycles. The molecule has 2 aromatic rings. The molecule has 0 spiro atoms. The fourth-order valence-corrected chi connectivity index (χ4v) is 1.25. The lowest BCUT2D eigenvalue weighted by Gasteiger charge is -1.86. The van der Waals surface area contributed by atoms with Gasteiger partial charge < -0.3 is 4.98 Å². The first-order valence-electron chi connectivity index (χ1n) is 4.52. The van der Waals surface area contributed by atoms with E-state index in [-0.39, 0.29) is 5.95 Å². The molecule has 0 fully saturated rings. The van der Waals surface area contributed by atoms with Crippen LogP contribution in [-0.2, 0) is 0 Å². The number of fused-ring (bicyclic) bond motifs is 1. The molecule has 1 aromatic heterocycles. The smallest absolute Gasteiger partial charge is 0.195 e. The number of aromatic nitrogens is 1. The first-order chi connectivity index (χ1) is 6.29. The minimum Gasteiger partial charge on any atom is -0.331 e. The third-order valence-corrected chi connectivity index (χ3v) is 1.90. The molecule has 0 aliphatic rings. The number of rotatable bonds is 0. The van der Waals surface area contributed by atoms with E-state index in [0.717, 1.165) is 10.9 Å². The van der Waals surface area contributed by atoms with E-state index in [4.69, 9.17) is 0 Å². The first-order valence-corrected chi connectivity index (χ1v) is 4.52. The maximum Gasteiger partial charge on any atom is 0.195 e. The first kappa shape index (κ1) is 9.78. The van der Waals surface area contributed by atoms with Crippen LogP contribution in [0.5, 0.6) is 0 Å². The number of halogens is 1. The highest BCUT2D eigenvalue weighted by molar-refractivity contribution is 5.82. The molecule has 0 saturated heterocycles. The van der Waals surface area contributed by atoms with Gasteiger partial charge in [-0.2, -0.15) is 4.39 Å². The van der Waals surface area contributed by atoms with Crippen molar-refractivity contribution in [1.29, 1.82) is 0 Å². The number of nitrogens with one attached hydrogen (secondary N) is 1. The zero-order chi connectivity index (χ0) is 9.84. The Balaban J connectivity index is 0.000000396. The summed E-state index contributed by atoms with van der Waals surface area (Å²) in [7, 11) is 0. The van der Waals surface area contributed by atoms with Gasteiger partial charge in [0.15, 0.2) is 5.95 Å². The number of H-pyrrole nitrogens is 1. The van der Waals surface area contributed by atoms with Crippen molar-refractivity contribution in [2.75, 3.05) is 0 Å². The van der Waals surface area contributed by atoms with Crippen LogP contribution in [0.15, 0.2) is 24.3 Å². The molecule has 0 saturated carbocycles. The summed E-state index contributed by atoms with van der Waals surface area (Å²) in [6.45, 7) is 5.77. The van der Waals surface area contributed by atoms with Gasteiger partial charge in [-0.3, -0.25) is 0 Å². The van der Waals surface area contributed by atoms with E-state index < -0.39 is 0 Å². The third-order valence-electron chi connectivity index (χ3n) is 1.90. The van der Waals surface area contributed by atoms with Gasteiger partial charge in [0.25, 0.3) is 0 Å². The average Bonchev–Trinajstić information content (AvgIpc) is 2.47. The summed E-state index contributed by atoms with van der Waals surface area (Å²) in [5.74, 6) is -0.230. The second-order valence-corrected chi connectivity index (χ2v) is 2.61. The molecule has 2 heteroatoms. The van der Waals surface area contributed by atoms with E-state index in [9.17, 15) is 4.39 Å². The van der Waals surface area contributed by atoms with Crippen molar-refractivity contribution in [1.82, 2.24) is 4.98 Å². The molecule has 0 unspecified atom stereocenters. The van der Waals surface area contributed by atoms with E-state index in [1.807, 2.05) is 38.1 Å². The van der Waals surface area contributed by atoms with Crippen LogP contribution in [0.1, 0.15) is 19.4 Å². The van der Waals surface area contributed by atoms with Crippen LogP contribution in [0, 0.1) is 12.9 Å². The maximum atomic E-state index is 12.9. The zero-order valence-corrected chi connectivity index (χ0v) is 8.19. The fourth-order valence-electron chi connectivity index (χ4n) is 1.25. The van der Waals surface area contributed by atoms with E-state index >= 15 is 0 Å². The Labute approximate surface area is 77.6 Å². The third kappa shape index (κ3) is 1.72. The second kappa shape index (κ2) is 4.08. The minimum absolute atomic E-state index is 0.230. The van der Waals surface area contributed by atoms with Crippen LogP contribution < -0.4 is 0 Å². The topological polar surface area (TPSA) is 15.8 Å². The predicted molar refractivity (Wildman–Crippen MR) is 54.3 cm³/mol. The fraction of sp³-hybridized carbons (Fsp3) is 0.273. The lowest BCUT2D eigenvalue weighted by Crippen LogP contribution is -1.72. The molecule has 1 aromatic carbocycles. The van der Waals surface area contributed by atoms with Crippen molar-refractivity contribution in [2.45, 2.75) is 20.8 Å². The molecule has 0 radical (unpaired) electrons. The van der Waals surface area contributed by atoms with Crippen LogP contribution in [0.4, 0.5) is 4.39 Å². The molecule has 70 valence electrons. The van der Waals surface area contributed by atoms with Gasteiger partial charge in [0.1, 0.15) is 0 Å². The van der Waals surface area contributed by atoms with Gasteiger partial charge in [0.05, 0.1) is 0 Å². The Kier molecular flexibility index (Phi) is 3.07. The van der Waals surface area contributed by atoms with Gasteiger partial charge >= 0.3 is 0 Å². The Hall–Kier alpha value is -1.31. The highest BCUT2D eigenvalue weighted by Crippen LogP contribution is 2.19. The summed E-state index contributed by atoms with van der Waals surface area (Å²) in [5, 5.41) is 0.963. The normalized spacial score (nSPS) is 9.54. The van der Waals surface area contributed by atoms with Crippen molar-refractivity contribution in [3.63, 3.8) is 0 Å². The number of aryl methyl sites for hydroxylation is 1. The number of hydrogen-bond donors (Lipinski definition) is 1. The Morgan fingerprint density at radius 3 is 2.38 bits per heavy atom. The van der Waals surface area contributed by atoms with Crippen molar-refractivity contribution >= 4 is 10.9 Å². The molecule has 1 N–H and O–H groups in total. The molecule has 0 atom stereocenters. The van der Waals surface area contributed by atoms with Crippen molar-refractivity contribution in [2.24, 2.45) is 0 Å². The molecular weight excluding hydrogens is 165 g/mol. The Morgan fingerprint density at radius 2 is 1.77 bits per heavy atom. The molecule has 1 heterocycles. The summed E-state index contributed by atoms with van der Waals surface area (Å²) in [5.41, 5.74) is 1.56. The summed E-state index contributed by atoms with van der Waals surface area (Å²) in [4.78, 5) is 2.66. The lowest BCUT2D eigenvalue weighted by atomic mass is 10.2. The maximum absolute atomic E-state index is 12.9. The zero-order valence-electron chi connectivity index (χ0n) is 8.19. The largest absolute Gasteiger partial charge is 0.331 e. The summed E-state index contributed by atoms with van der Waals surface area (Å²) < 4.78 is 12.9. The summed E-state index contributed by atoms with van der Waals surface area (Å²) >= 11 is 0. The molecule has 0 aliphatic heterocycles. The standard InChI is InChI=1S/C9H8FN.C2H6/c1-6-7-4-2-3-5-8(7)11-9(6)10;1-2/h2-5,11H,1H3;1-2H3. The van der Waals surface area contributed by atoms with Gasteiger partial charge in [0.2, 0.25) is 0 Å². The van der Waals surface area contributed by atoms with E-state index in [1.165, 1.54) is 0 Å². The van der Waals surface area contributed by atoms with E-state index in [1.54, 1.807) is 6.92 Å². The Morgan fingerprint density at radius 1 is 1.15 bits per heavy atom. The Bertz CT molecular complexity index is 390. The van der Waals surface area contributed by atoms with Crippen molar-refractivity contribution in [3.05, 3.63) is 35.8 Å². The van der Waals surface area contributed by atoms with Gasteiger partial charge in [-0.15, -0.1) is 0 Å². The average molecular weight is 179 g/mol. The van der Waals surface area contributed by atoms with Gasteiger partial charge in [-0.25, -0.2) is 0 Å². The molecule has 0 bridgehead atoms. The summed E-state index contributed by atoms with van der Waals surface area (Å²) in [6, 6.07) is 7.57. The van der Waals surface area contributed by atoms with Crippen molar-refractivity contribution in [3.8, 4) is 0 Å². The highest BCUT2D eigenvalue weighted by atomic mass is 19.1. The van der Waals surface area contributed by atoms with Crippen LogP contribution in [0.2, 0.25) is 0 Å². The van der Waals surface area contributed by atoms with Crippen molar-refractivity contribution < 1.29 is 4.39 Å². The van der Waals surface area contributed by atoms with Crippen LogP contribution in [0.25, 0.3) is 10.9 Å². The lowest BCUT2D eigenvalue weighted by molar-refractivity contribution is 0.586. The number of benzene rings is 1. The predicted octanol–water partition coefficient (Wildman–Crippen LogP) is 3.64. The molecular formula is C11H14FN. The monoisotopic (exact) mass is 179 g/mol. The van der Waals surface area contributed by atoms with Crippen LogP contribution >= 0.6 is 0 Å². The van der Waals surface area contributed by atoms with E-state index in [0.29, 0.717) is 5.56 Å². The van der Waals surface area contributed by atoms with Gasteiger partial charge in [-0.05, 0) is 13.0 Å². The van der Waals surface area contributed by atoms with Crippen LogP contribution in [0.3, 0.4) is 0 Å². The van der Waals surface area contributed by atoms with Gasteiger partial charge in [-0.1, -0.05) is 32.0 Å². The van der Waals surface area contributed by atoms with E-state index in [2.05, 4.69) is 4.98 Å². The number of hydrogen-bond acceptors (Lipinski definition) is 0. The van der Waals surface area contributed by atoms with Gasteiger partial charge in [0, 0.05) is 16.5 Å². The SMILES string of the molecule is CC.Cc1c(F)[nH]c2ccccc12. The minimum atomic E-state index is -0.230. The second-order valence-electron chi connectivity index (χ2n) is 2.61. The molecule has 2 rings (SSSR count). The number of aromatic amines is 1. The molecule has 13 heavy (non-hydrogen) atoms.